The number of halogens is 3. The Morgan fingerprint density at radius 2 is 1.59 bits per heavy atom. The molecule has 2 nitrogen and oxygen atoms in total. The first kappa shape index (κ1) is 19.9. The van der Waals surface area contributed by atoms with Crippen molar-refractivity contribution in [3.63, 3.8) is 0 Å². The van der Waals surface area contributed by atoms with Gasteiger partial charge in [-0.2, -0.15) is 0 Å². The van der Waals surface area contributed by atoms with Crippen molar-refractivity contribution in [3.8, 4) is 0 Å². The highest BCUT2D eigenvalue weighted by Crippen LogP contribution is 2.40. The Morgan fingerprint density at radius 1 is 1.05 bits per heavy atom. The quantitative estimate of drug-likeness (QED) is 0.605. The first-order valence-corrected chi connectivity index (χ1v) is 9.08. The van der Waals surface area contributed by atoms with E-state index in [9.17, 15) is 0 Å². The predicted molar refractivity (Wildman–Crippen MR) is 100 cm³/mol. The van der Waals surface area contributed by atoms with Gasteiger partial charge in [-0.15, -0.1) is 0 Å². The summed E-state index contributed by atoms with van der Waals surface area (Å²) in [5.41, 5.74) is 2.19. The van der Waals surface area contributed by atoms with E-state index >= 15 is 0 Å². The number of rotatable bonds is 8. The third-order valence-corrected chi connectivity index (χ3v) is 4.41. The van der Waals surface area contributed by atoms with Gasteiger partial charge in [0.1, 0.15) is 0 Å². The summed E-state index contributed by atoms with van der Waals surface area (Å²) in [5, 5.41) is 3.37. The lowest BCUT2D eigenvalue weighted by Gasteiger charge is -2.27. The Kier molecular flexibility index (Phi) is 8.34. The summed E-state index contributed by atoms with van der Waals surface area (Å²) in [4.78, 5) is 2.29. The molecule has 1 aromatic carbocycles. The van der Waals surface area contributed by atoms with Gasteiger partial charge in [0, 0.05) is 18.8 Å². The standard InChI is InChI=1S/C17H27Cl3N2/c1-5-22(6-2)15-9-7-14(8-10-15)16(17(18,19)20)21-12-11-13(3)4/h7-10,13,16,21H,5-6,11-12H2,1-4H3. The van der Waals surface area contributed by atoms with E-state index in [0.29, 0.717) is 5.92 Å². The minimum atomic E-state index is -1.37. The second-order valence-electron chi connectivity index (χ2n) is 5.88. The SMILES string of the molecule is CCN(CC)c1ccc(C(NCCC(C)C)C(Cl)(Cl)Cl)cc1. The molecule has 0 heterocycles. The smallest absolute Gasteiger partial charge is 0.209 e. The molecule has 1 aromatic rings. The molecule has 0 saturated carbocycles. The maximum Gasteiger partial charge on any atom is 0.209 e. The van der Waals surface area contributed by atoms with Crippen molar-refractivity contribution in [1.29, 1.82) is 0 Å². The van der Waals surface area contributed by atoms with Crippen molar-refractivity contribution in [1.82, 2.24) is 5.32 Å². The van der Waals surface area contributed by atoms with Gasteiger partial charge in [0.15, 0.2) is 0 Å². The van der Waals surface area contributed by atoms with Crippen LogP contribution in [0.2, 0.25) is 0 Å². The van der Waals surface area contributed by atoms with Gasteiger partial charge in [-0.1, -0.05) is 60.8 Å². The number of nitrogens with one attached hydrogen (secondary N) is 1. The summed E-state index contributed by atoms with van der Waals surface area (Å²) in [7, 11) is 0. The first-order valence-electron chi connectivity index (χ1n) is 7.94. The van der Waals surface area contributed by atoms with Gasteiger partial charge in [0.05, 0.1) is 6.04 Å². The van der Waals surface area contributed by atoms with Crippen LogP contribution in [0.15, 0.2) is 24.3 Å². The third-order valence-electron chi connectivity index (χ3n) is 3.75. The lowest BCUT2D eigenvalue weighted by molar-refractivity contribution is 0.481. The van der Waals surface area contributed by atoms with E-state index < -0.39 is 3.79 Å². The molecule has 0 fully saturated rings. The van der Waals surface area contributed by atoms with E-state index in [2.05, 4.69) is 50.0 Å². The zero-order chi connectivity index (χ0) is 16.8. The molecule has 1 unspecified atom stereocenters. The largest absolute Gasteiger partial charge is 0.372 e. The zero-order valence-corrected chi connectivity index (χ0v) is 16.1. The van der Waals surface area contributed by atoms with Crippen LogP contribution in [-0.4, -0.2) is 23.4 Å². The third kappa shape index (κ3) is 6.16. The number of benzene rings is 1. The molecule has 1 N–H and O–H groups in total. The fraction of sp³-hybridized carbons (Fsp3) is 0.647. The number of hydrogen-bond donors (Lipinski definition) is 1. The van der Waals surface area contributed by atoms with E-state index in [1.165, 1.54) is 5.69 Å². The van der Waals surface area contributed by atoms with Crippen LogP contribution in [0.1, 0.15) is 45.7 Å². The molecule has 0 aliphatic carbocycles. The normalized spacial score (nSPS) is 13.5. The molecule has 0 aromatic heterocycles. The van der Waals surface area contributed by atoms with Crippen molar-refractivity contribution < 1.29 is 0 Å². The van der Waals surface area contributed by atoms with Gasteiger partial charge in [0.2, 0.25) is 3.79 Å². The molecule has 22 heavy (non-hydrogen) atoms. The molecule has 1 atom stereocenters. The second-order valence-corrected chi connectivity index (χ2v) is 8.24. The van der Waals surface area contributed by atoms with Crippen LogP contribution in [0.5, 0.6) is 0 Å². The minimum Gasteiger partial charge on any atom is -0.372 e. The minimum absolute atomic E-state index is 0.304. The maximum atomic E-state index is 6.16. The molecular weight excluding hydrogens is 339 g/mol. The molecule has 0 aliphatic heterocycles. The first-order chi connectivity index (χ1) is 10.3. The maximum absolute atomic E-state index is 6.16. The summed E-state index contributed by atoms with van der Waals surface area (Å²) in [6.45, 7) is 11.5. The molecule has 1 rings (SSSR count). The lowest BCUT2D eigenvalue weighted by Crippen LogP contribution is -2.33. The predicted octanol–water partition coefficient (Wildman–Crippen LogP) is 5.58. The van der Waals surface area contributed by atoms with E-state index in [0.717, 1.165) is 31.6 Å². The second kappa shape index (κ2) is 9.22. The highest BCUT2D eigenvalue weighted by Gasteiger charge is 2.33. The van der Waals surface area contributed by atoms with Crippen LogP contribution in [-0.2, 0) is 0 Å². The van der Waals surface area contributed by atoms with Crippen LogP contribution in [0.4, 0.5) is 5.69 Å². The molecule has 0 radical (unpaired) electrons. The Bertz CT molecular complexity index is 423. The number of hydrogen-bond acceptors (Lipinski definition) is 2. The van der Waals surface area contributed by atoms with E-state index in [1.54, 1.807) is 0 Å². The van der Waals surface area contributed by atoms with Crippen LogP contribution in [0.3, 0.4) is 0 Å². The average molecular weight is 366 g/mol. The van der Waals surface area contributed by atoms with Crippen LogP contribution in [0.25, 0.3) is 0 Å². The van der Waals surface area contributed by atoms with Crippen LogP contribution >= 0.6 is 34.8 Å². The number of nitrogens with zero attached hydrogens (tertiary/aromatic N) is 1. The Hall–Kier alpha value is -0.150. The Balaban J connectivity index is 2.86. The molecule has 0 amide bonds. The van der Waals surface area contributed by atoms with Crippen molar-refractivity contribution in [3.05, 3.63) is 29.8 Å². The van der Waals surface area contributed by atoms with Crippen LogP contribution < -0.4 is 10.2 Å². The molecule has 0 aliphatic rings. The average Bonchev–Trinajstić information content (AvgIpc) is 2.44. The monoisotopic (exact) mass is 364 g/mol. The van der Waals surface area contributed by atoms with Crippen molar-refractivity contribution in [2.45, 2.75) is 44.0 Å². The number of alkyl halides is 3. The summed E-state index contributed by atoms with van der Waals surface area (Å²) < 4.78 is -1.37. The van der Waals surface area contributed by atoms with Gasteiger partial charge >= 0.3 is 0 Å². The highest BCUT2D eigenvalue weighted by molar-refractivity contribution is 6.68. The van der Waals surface area contributed by atoms with Gasteiger partial charge in [-0.05, 0) is 50.4 Å². The molecule has 0 saturated heterocycles. The van der Waals surface area contributed by atoms with E-state index in [4.69, 9.17) is 34.8 Å². The molecule has 0 bridgehead atoms. The fourth-order valence-electron chi connectivity index (χ4n) is 2.41. The van der Waals surface area contributed by atoms with E-state index in [1.807, 2.05) is 12.1 Å². The van der Waals surface area contributed by atoms with Crippen molar-refractivity contribution in [2.75, 3.05) is 24.5 Å². The van der Waals surface area contributed by atoms with Crippen molar-refractivity contribution in [2.24, 2.45) is 5.92 Å². The van der Waals surface area contributed by atoms with Crippen LogP contribution in [0, 0.1) is 5.92 Å². The number of anilines is 1. The van der Waals surface area contributed by atoms with Gasteiger partial charge in [-0.3, -0.25) is 0 Å². The highest BCUT2D eigenvalue weighted by atomic mass is 35.6. The van der Waals surface area contributed by atoms with E-state index in [-0.39, 0.29) is 6.04 Å². The molecule has 126 valence electrons. The van der Waals surface area contributed by atoms with Gasteiger partial charge in [-0.25, -0.2) is 0 Å². The Labute approximate surface area is 150 Å². The summed E-state index contributed by atoms with van der Waals surface area (Å²) >= 11 is 18.5. The Morgan fingerprint density at radius 3 is 2.00 bits per heavy atom. The molecular formula is C17H27Cl3N2. The van der Waals surface area contributed by atoms with Gasteiger partial charge < -0.3 is 10.2 Å². The fourth-order valence-corrected chi connectivity index (χ4v) is 3.01. The molecule has 5 heteroatoms. The topological polar surface area (TPSA) is 15.3 Å². The summed E-state index contributed by atoms with van der Waals surface area (Å²) in [6, 6.07) is 7.97. The van der Waals surface area contributed by atoms with Gasteiger partial charge in [0.25, 0.3) is 0 Å². The molecule has 0 spiro atoms. The summed E-state index contributed by atoms with van der Waals surface area (Å²) in [6.07, 6.45) is 1.05. The lowest BCUT2D eigenvalue weighted by atomic mass is 10.1. The van der Waals surface area contributed by atoms with Crippen molar-refractivity contribution >= 4 is 40.5 Å². The zero-order valence-electron chi connectivity index (χ0n) is 13.9. The summed E-state index contributed by atoms with van der Waals surface area (Å²) in [5.74, 6) is 0.619.